The van der Waals surface area contributed by atoms with Gasteiger partial charge in [0.05, 0.1) is 6.07 Å². The van der Waals surface area contributed by atoms with Gasteiger partial charge in [-0.1, -0.05) is 31.2 Å². The van der Waals surface area contributed by atoms with Gasteiger partial charge in [-0.25, -0.2) is 0 Å². The molecule has 0 fully saturated rings. The Labute approximate surface area is 131 Å². The maximum Gasteiger partial charge on any atom is 0.221 e. The van der Waals surface area contributed by atoms with Gasteiger partial charge in [0, 0.05) is 19.4 Å². The summed E-state index contributed by atoms with van der Waals surface area (Å²) in [7, 11) is 0. The molecule has 1 atom stereocenters. The second-order valence-corrected chi connectivity index (χ2v) is 5.19. The molecule has 0 radical (unpaired) electrons. The van der Waals surface area contributed by atoms with Gasteiger partial charge in [-0.2, -0.15) is 5.26 Å². The first-order valence-corrected chi connectivity index (χ1v) is 7.59. The van der Waals surface area contributed by atoms with Crippen LogP contribution in [0, 0.1) is 18.3 Å². The molecule has 0 aliphatic carbocycles. The van der Waals surface area contributed by atoms with E-state index in [9.17, 15) is 14.9 Å². The Kier molecular flexibility index (Phi) is 7.69. The van der Waals surface area contributed by atoms with Crippen molar-refractivity contribution in [3.05, 3.63) is 35.4 Å². The number of carbonyl (C=O) groups is 2. The summed E-state index contributed by atoms with van der Waals surface area (Å²) in [5, 5.41) is 14.7. The maximum absolute atomic E-state index is 11.9. The molecule has 0 heterocycles. The number of hydrogen-bond donors (Lipinski definition) is 2. The van der Waals surface area contributed by atoms with E-state index in [0.29, 0.717) is 19.4 Å². The van der Waals surface area contributed by atoms with Gasteiger partial charge in [0.1, 0.15) is 6.04 Å². The summed E-state index contributed by atoms with van der Waals surface area (Å²) in [6, 6.07) is 8.93. The summed E-state index contributed by atoms with van der Waals surface area (Å²) >= 11 is 0. The third-order valence-corrected chi connectivity index (χ3v) is 3.31. The van der Waals surface area contributed by atoms with E-state index in [0.717, 1.165) is 17.5 Å². The monoisotopic (exact) mass is 301 g/mol. The normalized spacial score (nSPS) is 11.3. The highest BCUT2D eigenvalue weighted by molar-refractivity contribution is 5.79. The van der Waals surface area contributed by atoms with Gasteiger partial charge in [-0.15, -0.1) is 0 Å². The van der Waals surface area contributed by atoms with E-state index in [-0.39, 0.29) is 18.2 Å². The molecule has 2 N–H and O–H groups in total. The summed E-state index contributed by atoms with van der Waals surface area (Å²) in [4.78, 5) is 23.3. The molecule has 2 amide bonds. The number of benzene rings is 1. The topological polar surface area (TPSA) is 82.0 Å². The number of carbonyl (C=O) groups excluding carboxylic acids is 2. The van der Waals surface area contributed by atoms with Gasteiger partial charge in [-0.05, 0) is 30.9 Å². The van der Waals surface area contributed by atoms with Crippen LogP contribution in [0.3, 0.4) is 0 Å². The van der Waals surface area contributed by atoms with Crippen molar-refractivity contribution < 1.29 is 9.59 Å². The average Bonchev–Trinajstić information content (AvgIpc) is 2.51. The van der Waals surface area contributed by atoms with Crippen LogP contribution < -0.4 is 10.6 Å². The van der Waals surface area contributed by atoms with Crippen LogP contribution in [0.25, 0.3) is 0 Å². The molecule has 0 aliphatic rings. The molecule has 1 rings (SSSR count). The van der Waals surface area contributed by atoms with Crippen molar-refractivity contribution in [3.8, 4) is 6.07 Å². The Morgan fingerprint density at radius 2 is 1.91 bits per heavy atom. The molecule has 1 aromatic carbocycles. The van der Waals surface area contributed by atoms with Crippen molar-refractivity contribution in [2.75, 3.05) is 6.54 Å². The largest absolute Gasteiger partial charge is 0.356 e. The van der Waals surface area contributed by atoms with Crippen LogP contribution in [-0.4, -0.2) is 18.4 Å². The quantitative estimate of drug-likeness (QED) is 0.773. The van der Waals surface area contributed by atoms with E-state index in [2.05, 4.69) is 16.7 Å². The molecule has 0 bridgehead atoms. The first-order valence-electron chi connectivity index (χ1n) is 7.59. The van der Waals surface area contributed by atoms with Crippen molar-refractivity contribution in [1.82, 2.24) is 10.6 Å². The first-order chi connectivity index (χ1) is 10.6. The lowest BCUT2D eigenvalue weighted by atomic mass is 10.0. The van der Waals surface area contributed by atoms with Crippen molar-refractivity contribution >= 4 is 11.8 Å². The van der Waals surface area contributed by atoms with Gasteiger partial charge in [0.15, 0.2) is 0 Å². The van der Waals surface area contributed by atoms with Gasteiger partial charge < -0.3 is 10.6 Å². The summed E-state index contributed by atoms with van der Waals surface area (Å²) in [5.74, 6) is -0.247. The van der Waals surface area contributed by atoms with Crippen LogP contribution in [0.5, 0.6) is 0 Å². The van der Waals surface area contributed by atoms with Crippen LogP contribution in [0.1, 0.15) is 49.8 Å². The molecule has 22 heavy (non-hydrogen) atoms. The Morgan fingerprint density at radius 1 is 1.23 bits per heavy atom. The zero-order valence-electron chi connectivity index (χ0n) is 13.2. The highest BCUT2D eigenvalue weighted by Gasteiger charge is 2.15. The van der Waals surface area contributed by atoms with E-state index >= 15 is 0 Å². The highest BCUT2D eigenvalue weighted by Crippen LogP contribution is 2.16. The molecular formula is C17H23N3O2. The second kappa shape index (κ2) is 9.56. The molecule has 5 heteroatoms. The SMILES string of the molecule is CCCNC(=O)CCCC(=O)N[C@H](C#N)c1ccccc1C. The Morgan fingerprint density at radius 3 is 2.55 bits per heavy atom. The van der Waals surface area contributed by atoms with E-state index < -0.39 is 6.04 Å². The second-order valence-electron chi connectivity index (χ2n) is 5.19. The zero-order valence-corrected chi connectivity index (χ0v) is 13.2. The number of hydrogen-bond acceptors (Lipinski definition) is 3. The summed E-state index contributed by atoms with van der Waals surface area (Å²) in [6.45, 7) is 4.56. The van der Waals surface area contributed by atoms with Crippen molar-refractivity contribution in [2.24, 2.45) is 0 Å². The van der Waals surface area contributed by atoms with Gasteiger partial charge in [0.2, 0.25) is 11.8 Å². The smallest absolute Gasteiger partial charge is 0.221 e. The summed E-state index contributed by atoms with van der Waals surface area (Å²) in [6.07, 6.45) is 1.94. The van der Waals surface area contributed by atoms with Gasteiger partial charge >= 0.3 is 0 Å². The maximum atomic E-state index is 11.9. The Hall–Kier alpha value is -2.35. The van der Waals surface area contributed by atoms with Crippen molar-refractivity contribution in [2.45, 2.75) is 45.6 Å². The van der Waals surface area contributed by atoms with Crippen LogP contribution in [0.2, 0.25) is 0 Å². The van der Waals surface area contributed by atoms with E-state index in [1.165, 1.54) is 0 Å². The zero-order chi connectivity index (χ0) is 16.4. The van der Waals surface area contributed by atoms with E-state index in [1.54, 1.807) is 0 Å². The molecule has 0 aromatic heterocycles. The van der Waals surface area contributed by atoms with E-state index in [4.69, 9.17) is 0 Å². The van der Waals surface area contributed by atoms with Crippen molar-refractivity contribution in [3.63, 3.8) is 0 Å². The summed E-state index contributed by atoms with van der Waals surface area (Å²) in [5.41, 5.74) is 1.77. The Balaban J connectivity index is 2.42. The molecule has 0 saturated heterocycles. The van der Waals surface area contributed by atoms with Crippen LogP contribution in [0.15, 0.2) is 24.3 Å². The fourth-order valence-corrected chi connectivity index (χ4v) is 2.09. The molecule has 118 valence electrons. The molecule has 0 spiro atoms. The number of nitrogens with one attached hydrogen (secondary N) is 2. The fraction of sp³-hybridized carbons (Fsp3) is 0.471. The minimum absolute atomic E-state index is 0.0367. The molecular weight excluding hydrogens is 278 g/mol. The molecule has 0 aliphatic heterocycles. The standard InChI is InChI=1S/C17H23N3O2/c1-3-11-19-16(21)9-6-10-17(22)20-15(12-18)14-8-5-4-7-13(14)2/h4-5,7-8,15H,3,6,9-11H2,1-2H3,(H,19,21)(H,20,22)/t15-/m1/s1. The lowest BCUT2D eigenvalue weighted by Crippen LogP contribution is -2.28. The molecule has 0 unspecified atom stereocenters. The molecule has 1 aromatic rings. The number of aryl methyl sites for hydroxylation is 1. The van der Waals surface area contributed by atoms with Gasteiger partial charge in [-0.3, -0.25) is 9.59 Å². The average molecular weight is 301 g/mol. The number of amides is 2. The minimum atomic E-state index is -0.650. The Bertz CT molecular complexity index is 549. The third kappa shape index (κ3) is 5.96. The fourth-order valence-electron chi connectivity index (χ4n) is 2.09. The van der Waals surface area contributed by atoms with Crippen LogP contribution in [-0.2, 0) is 9.59 Å². The number of nitrogens with zero attached hydrogens (tertiary/aromatic N) is 1. The predicted octanol–water partition coefficient (Wildman–Crippen LogP) is 2.37. The van der Waals surface area contributed by atoms with Crippen LogP contribution in [0.4, 0.5) is 0 Å². The highest BCUT2D eigenvalue weighted by atomic mass is 16.2. The van der Waals surface area contributed by atoms with Gasteiger partial charge in [0.25, 0.3) is 0 Å². The number of nitriles is 1. The third-order valence-electron chi connectivity index (χ3n) is 3.31. The lowest BCUT2D eigenvalue weighted by Gasteiger charge is -2.14. The minimum Gasteiger partial charge on any atom is -0.356 e. The predicted molar refractivity (Wildman–Crippen MR) is 84.8 cm³/mol. The first kappa shape index (κ1) is 17.7. The van der Waals surface area contributed by atoms with Crippen LogP contribution >= 0.6 is 0 Å². The lowest BCUT2D eigenvalue weighted by molar-refractivity contribution is -0.122. The number of rotatable bonds is 8. The molecule has 5 nitrogen and oxygen atoms in total. The summed E-state index contributed by atoms with van der Waals surface area (Å²) < 4.78 is 0. The molecule has 0 saturated carbocycles. The van der Waals surface area contributed by atoms with E-state index in [1.807, 2.05) is 38.1 Å². The van der Waals surface area contributed by atoms with Crippen molar-refractivity contribution in [1.29, 1.82) is 5.26 Å².